The molecule has 0 spiro atoms. The van der Waals surface area contributed by atoms with Crippen molar-refractivity contribution >= 4 is 17.4 Å². The maximum absolute atomic E-state index is 14.2. The van der Waals surface area contributed by atoms with Crippen LogP contribution in [0.5, 0.6) is 0 Å². The Kier molecular flexibility index (Phi) is 3.23. The maximum Gasteiger partial charge on any atom is 0.247 e. The Morgan fingerprint density at radius 3 is 2.76 bits per heavy atom. The molecular weight excluding hydrogens is 295 g/mol. The lowest BCUT2D eigenvalue weighted by molar-refractivity contribution is 0.632. The molecule has 3 rings (SSSR count). The summed E-state index contributed by atoms with van der Waals surface area (Å²) >= 11 is 5.81. The number of nitrogens with two attached hydrogens (primary N) is 1. The third-order valence-electron chi connectivity index (χ3n) is 3.09. The number of nitrogen functional groups attached to an aromatic ring is 1. The minimum atomic E-state index is -0.571. The van der Waals surface area contributed by atoms with Crippen molar-refractivity contribution in [2.75, 3.05) is 5.73 Å². The molecule has 21 heavy (non-hydrogen) atoms. The molecule has 0 aliphatic rings. The van der Waals surface area contributed by atoms with E-state index in [0.717, 1.165) is 0 Å². The Balaban J connectivity index is 2.24. The zero-order chi connectivity index (χ0) is 15.0. The highest BCUT2D eigenvalue weighted by molar-refractivity contribution is 6.31. The summed E-state index contributed by atoms with van der Waals surface area (Å²) in [6.07, 6.45) is 1.50. The van der Waals surface area contributed by atoms with E-state index in [1.807, 2.05) is 0 Å². The molecular formula is C14H10ClFN4O. The molecule has 2 heterocycles. The second kappa shape index (κ2) is 5.06. The first-order valence-corrected chi connectivity index (χ1v) is 6.43. The molecule has 7 heteroatoms. The Morgan fingerprint density at radius 2 is 2.05 bits per heavy atom. The highest BCUT2D eigenvalue weighted by Gasteiger charge is 2.19. The van der Waals surface area contributed by atoms with E-state index in [4.69, 9.17) is 17.3 Å². The Morgan fingerprint density at radius 1 is 1.24 bits per heavy atom. The van der Waals surface area contributed by atoms with Crippen LogP contribution in [0.4, 0.5) is 10.2 Å². The van der Waals surface area contributed by atoms with Crippen LogP contribution < -0.4 is 11.3 Å². The molecule has 0 unspecified atom stereocenters. The summed E-state index contributed by atoms with van der Waals surface area (Å²) in [5.74, 6) is -0.421. The third kappa shape index (κ3) is 2.30. The monoisotopic (exact) mass is 304 g/mol. The van der Waals surface area contributed by atoms with Crippen molar-refractivity contribution in [3.8, 4) is 22.4 Å². The van der Waals surface area contributed by atoms with Gasteiger partial charge in [-0.25, -0.2) is 4.39 Å². The van der Waals surface area contributed by atoms with Crippen LogP contribution in [0, 0.1) is 5.82 Å². The lowest BCUT2D eigenvalue weighted by Crippen LogP contribution is -2.01. The molecule has 4 N–H and O–H groups in total. The fourth-order valence-corrected chi connectivity index (χ4v) is 2.28. The number of anilines is 1. The van der Waals surface area contributed by atoms with Crippen LogP contribution in [0.25, 0.3) is 22.4 Å². The van der Waals surface area contributed by atoms with Crippen molar-refractivity contribution in [1.82, 2.24) is 15.2 Å². The number of aromatic amines is 2. The van der Waals surface area contributed by atoms with Gasteiger partial charge in [0.05, 0.1) is 16.3 Å². The molecule has 0 saturated carbocycles. The van der Waals surface area contributed by atoms with E-state index in [1.54, 1.807) is 18.2 Å². The number of hydrogen-bond acceptors (Lipinski definition) is 3. The zero-order valence-corrected chi connectivity index (χ0v) is 11.4. The van der Waals surface area contributed by atoms with Crippen LogP contribution in [0.15, 0.2) is 41.3 Å². The van der Waals surface area contributed by atoms with E-state index in [1.165, 1.54) is 18.3 Å². The van der Waals surface area contributed by atoms with Gasteiger partial charge in [-0.1, -0.05) is 23.7 Å². The predicted molar refractivity (Wildman–Crippen MR) is 79.5 cm³/mol. The van der Waals surface area contributed by atoms with Crippen LogP contribution in [-0.2, 0) is 0 Å². The lowest BCUT2D eigenvalue weighted by Gasteiger charge is -2.06. The first kappa shape index (κ1) is 13.4. The summed E-state index contributed by atoms with van der Waals surface area (Å²) in [5.41, 5.74) is 7.39. The van der Waals surface area contributed by atoms with Gasteiger partial charge in [0.1, 0.15) is 5.82 Å². The first-order valence-electron chi connectivity index (χ1n) is 6.05. The van der Waals surface area contributed by atoms with Gasteiger partial charge < -0.3 is 10.7 Å². The van der Waals surface area contributed by atoms with Gasteiger partial charge in [0.25, 0.3) is 0 Å². The molecule has 0 bridgehead atoms. The van der Waals surface area contributed by atoms with Crippen molar-refractivity contribution in [1.29, 1.82) is 0 Å². The highest BCUT2D eigenvalue weighted by atomic mass is 35.5. The molecule has 0 aliphatic carbocycles. The number of H-pyrrole nitrogens is 2. The van der Waals surface area contributed by atoms with E-state index in [9.17, 15) is 9.18 Å². The van der Waals surface area contributed by atoms with Gasteiger partial charge in [-0.15, -0.1) is 0 Å². The normalized spacial score (nSPS) is 10.8. The number of benzene rings is 1. The van der Waals surface area contributed by atoms with Crippen LogP contribution in [0.1, 0.15) is 0 Å². The van der Waals surface area contributed by atoms with Gasteiger partial charge in [0.2, 0.25) is 5.56 Å². The molecule has 0 amide bonds. The number of nitrogens with zero attached hydrogens (tertiary/aromatic N) is 1. The van der Waals surface area contributed by atoms with Gasteiger partial charge in [-0.3, -0.25) is 9.89 Å². The average molecular weight is 305 g/mol. The second-order valence-corrected chi connectivity index (χ2v) is 4.81. The lowest BCUT2D eigenvalue weighted by atomic mass is 10.0. The van der Waals surface area contributed by atoms with E-state index in [2.05, 4.69) is 15.2 Å². The van der Waals surface area contributed by atoms with Crippen LogP contribution in [-0.4, -0.2) is 15.2 Å². The molecule has 0 fully saturated rings. The average Bonchev–Trinajstić information content (AvgIpc) is 2.85. The van der Waals surface area contributed by atoms with E-state index >= 15 is 0 Å². The van der Waals surface area contributed by atoms with Crippen molar-refractivity contribution in [2.45, 2.75) is 0 Å². The van der Waals surface area contributed by atoms with Crippen LogP contribution in [0.3, 0.4) is 0 Å². The number of nitrogens with one attached hydrogen (secondary N) is 2. The van der Waals surface area contributed by atoms with Crippen LogP contribution in [0.2, 0.25) is 5.02 Å². The Labute approximate surface area is 123 Å². The van der Waals surface area contributed by atoms with Gasteiger partial charge in [0, 0.05) is 23.4 Å². The van der Waals surface area contributed by atoms with E-state index in [-0.39, 0.29) is 22.0 Å². The summed E-state index contributed by atoms with van der Waals surface area (Å²) in [7, 11) is 0. The minimum Gasteiger partial charge on any atom is -0.382 e. The summed E-state index contributed by atoms with van der Waals surface area (Å²) in [6, 6.07) is 7.61. The Hall–Kier alpha value is -2.60. The van der Waals surface area contributed by atoms with Gasteiger partial charge >= 0.3 is 0 Å². The summed E-state index contributed by atoms with van der Waals surface area (Å²) in [4.78, 5) is 13.7. The van der Waals surface area contributed by atoms with E-state index < -0.39 is 5.82 Å². The van der Waals surface area contributed by atoms with Crippen molar-refractivity contribution in [3.05, 3.63) is 57.7 Å². The summed E-state index contributed by atoms with van der Waals surface area (Å²) in [5, 5.41) is 6.66. The number of rotatable bonds is 2. The van der Waals surface area contributed by atoms with Crippen LogP contribution >= 0.6 is 11.6 Å². The smallest absolute Gasteiger partial charge is 0.247 e. The summed E-state index contributed by atoms with van der Waals surface area (Å²) in [6.45, 7) is 0. The second-order valence-electron chi connectivity index (χ2n) is 4.40. The molecule has 0 atom stereocenters. The molecule has 2 aromatic heterocycles. The number of halogens is 2. The molecule has 1 aromatic carbocycles. The topological polar surface area (TPSA) is 87.6 Å². The van der Waals surface area contributed by atoms with E-state index in [0.29, 0.717) is 16.8 Å². The number of hydrogen-bond donors (Lipinski definition) is 3. The standard InChI is InChI=1S/C14H10ClFN4O/c15-9-3-1-2-8(12(9)16)11-13(19-20-14(11)17)7-4-5-10(21)18-6-7/h1-6H,(H,18,21)(H3,17,19,20). The fourth-order valence-electron chi connectivity index (χ4n) is 2.10. The van der Waals surface area contributed by atoms with Gasteiger partial charge in [-0.2, -0.15) is 5.10 Å². The quantitative estimate of drug-likeness (QED) is 0.680. The summed E-state index contributed by atoms with van der Waals surface area (Å²) < 4.78 is 14.2. The molecule has 3 aromatic rings. The third-order valence-corrected chi connectivity index (χ3v) is 3.38. The molecule has 106 valence electrons. The molecule has 0 aliphatic heterocycles. The first-order chi connectivity index (χ1) is 10.1. The number of aromatic nitrogens is 3. The zero-order valence-electron chi connectivity index (χ0n) is 10.7. The SMILES string of the molecule is Nc1n[nH]c(-c2ccc(=O)[nH]c2)c1-c1cccc(Cl)c1F. The Bertz CT molecular complexity index is 851. The minimum absolute atomic E-state index is 0.000480. The van der Waals surface area contributed by atoms with Crippen molar-refractivity contribution < 1.29 is 4.39 Å². The molecule has 5 nitrogen and oxygen atoms in total. The molecule has 0 saturated heterocycles. The van der Waals surface area contributed by atoms with Crippen molar-refractivity contribution in [3.63, 3.8) is 0 Å². The molecule has 0 radical (unpaired) electrons. The largest absolute Gasteiger partial charge is 0.382 e. The number of pyridine rings is 1. The fraction of sp³-hybridized carbons (Fsp3) is 0. The van der Waals surface area contributed by atoms with Gasteiger partial charge in [-0.05, 0) is 12.1 Å². The maximum atomic E-state index is 14.2. The van der Waals surface area contributed by atoms with Crippen molar-refractivity contribution in [2.24, 2.45) is 0 Å². The predicted octanol–water partition coefficient (Wildman–Crippen LogP) is 2.81. The van der Waals surface area contributed by atoms with Gasteiger partial charge in [0.15, 0.2) is 5.82 Å². The highest BCUT2D eigenvalue weighted by Crippen LogP contribution is 2.37.